The van der Waals surface area contributed by atoms with Crippen LogP contribution in [0, 0.1) is 6.92 Å². The van der Waals surface area contributed by atoms with Gasteiger partial charge in [0.15, 0.2) is 0 Å². The van der Waals surface area contributed by atoms with Crippen molar-refractivity contribution in [2.75, 3.05) is 0 Å². The Bertz CT molecular complexity index is 2350. The molecule has 2 aromatic heterocycles. The van der Waals surface area contributed by atoms with Gasteiger partial charge in [-0.2, -0.15) is 0 Å². The van der Waals surface area contributed by atoms with Crippen molar-refractivity contribution in [1.29, 1.82) is 0 Å². The molecule has 0 saturated heterocycles. The van der Waals surface area contributed by atoms with Gasteiger partial charge in [-0.25, -0.2) is 0 Å². The van der Waals surface area contributed by atoms with Crippen LogP contribution in [0.5, 0.6) is 0 Å². The van der Waals surface area contributed by atoms with E-state index in [1.165, 1.54) is 86.5 Å². The Labute approximate surface area is 255 Å². The Hall–Kier alpha value is -5.18. The van der Waals surface area contributed by atoms with Gasteiger partial charge >= 0.3 is 0 Å². The van der Waals surface area contributed by atoms with E-state index < -0.39 is 0 Å². The van der Waals surface area contributed by atoms with Crippen LogP contribution in [-0.2, 0) is 0 Å². The largest absolute Gasteiger partial charge is 0.354 e. The number of aromatic amines is 1. The van der Waals surface area contributed by atoms with Gasteiger partial charge in [0, 0.05) is 47.5 Å². The second-order valence-corrected chi connectivity index (χ2v) is 12.1. The number of hydrogen-bond acceptors (Lipinski definition) is 1. The number of allylic oxidation sites excluding steroid dienone is 2. The van der Waals surface area contributed by atoms with Crippen molar-refractivity contribution in [3.8, 4) is 33.4 Å². The molecule has 0 aliphatic heterocycles. The predicted octanol–water partition coefficient (Wildman–Crippen LogP) is 12.2. The molecular weight excluding hydrogens is 539 g/mol. The van der Waals surface area contributed by atoms with Crippen LogP contribution in [0.25, 0.3) is 81.4 Å². The molecule has 1 nitrogen and oxygen atoms in total. The van der Waals surface area contributed by atoms with E-state index >= 15 is 0 Å². The zero-order valence-corrected chi connectivity index (χ0v) is 24.7. The molecule has 8 aromatic rings. The minimum absolute atomic E-state index is 1.17. The Balaban J connectivity index is 1.43. The summed E-state index contributed by atoms with van der Waals surface area (Å²) in [7, 11) is 0. The number of aromatic nitrogens is 1. The molecule has 0 bridgehead atoms. The van der Waals surface area contributed by atoms with Crippen molar-refractivity contribution in [3.05, 3.63) is 151 Å². The predicted molar refractivity (Wildman–Crippen MR) is 189 cm³/mol. The fourth-order valence-corrected chi connectivity index (χ4v) is 7.88. The van der Waals surface area contributed by atoms with E-state index in [4.69, 9.17) is 0 Å². The Morgan fingerprint density at radius 2 is 1.28 bits per heavy atom. The number of hydrogen-bond donors (Lipinski definition) is 1. The fraction of sp³-hybridized carbons (Fsp3) is 0.0244. The first-order valence-electron chi connectivity index (χ1n) is 14.6. The molecule has 6 aromatic carbocycles. The number of H-pyrrole nitrogens is 1. The first kappa shape index (κ1) is 25.5. The van der Waals surface area contributed by atoms with Gasteiger partial charge in [0.2, 0.25) is 0 Å². The van der Waals surface area contributed by atoms with E-state index in [1.807, 2.05) is 23.5 Å². The van der Waals surface area contributed by atoms with Gasteiger partial charge in [-0.15, -0.1) is 11.3 Å². The Morgan fingerprint density at radius 1 is 0.581 bits per heavy atom. The van der Waals surface area contributed by atoms with E-state index in [0.29, 0.717) is 0 Å². The van der Waals surface area contributed by atoms with Crippen molar-refractivity contribution < 1.29 is 0 Å². The summed E-state index contributed by atoms with van der Waals surface area (Å²) < 4.78 is 2.65. The number of rotatable bonds is 5. The van der Waals surface area contributed by atoms with Crippen LogP contribution < -0.4 is 0 Å². The molecule has 0 spiro atoms. The zero-order chi connectivity index (χ0) is 28.9. The van der Waals surface area contributed by atoms with Crippen molar-refractivity contribution in [1.82, 2.24) is 4.98 Å². The molecule has 0 amide bonds. The fourth-order valence-electron chi connectivity index (χ4n) is 6.51. The lowest BCUT2D eigenvalue weighted by molar-refractivity contribution is 1.44. The second kappa shape index (κ2) is 10.3. The van der Waals surface area contributed by atoms with E-state index in [2.05, 4.69) is 146 Å². The van der Waals surface area contributed by atoms with Crippen LogP contribution >= 0.6 is 11.3 Å². The molecular formula is C41H29NS. The van der Waals surface area contributed by atoms with Gasteiger partial charge in [-0.1, -0.05) is 134 Å². The molecule has 2 heterocycles. The molecule has 43 heavy (non-hydrogen) atoms. The van der Waals surface area contributed by atoms with Crippen LogP contribution in [0.2, 0.25) is 0 Å². The summed E-state index contributed by atoms with van der Waals surface area (Å²) in [6.45, 7) is 6.10. The number of nitrogens with one attached hydrogen (secondary N) is 1. The lowest BCUT2D eigenvalue weighted by Crippen LogP contribution is -1.88. The molecule has 0 unspecified atom stereocenters. The molecule has 8 rings (SSSR count). The standard InChI is InChI=1S/C41H29NS/c1-3-4-12-27-15-10-17-31(26(27)2)35-25-37-38(33-16-8-9-20-36(33)42-37)39-34-19-11-18-32(40(34)43-41(35)39)30-23-21-29(22-24-30)28-13-6-5-7-14-28/h3-25,42H,1H2,2H3/b12-4-. The normalized spacial score (nSPS) is 11.8. The maximum Gasteiger partial charge on any atom is 0.0478 e. The lowest BCUT2D eigenvalue weighted by atomic mass is 9.93. The SMILES string of the molecule is C=C/C=C\c1cccc(-c2cc3[nH]c4ccccc4c3c3c2sc2c(-c4ccc(-c5ccccc5)cc4)cccc23)c1C. The van der Waals surface area contributed by atoms with Crippen molar-refractivity contribution in [2.24, 2.45) is 0 Å². The van der Waals surface area contributed by atoms with Gasteiger partial charge in [-0.05, 0) is 58.0 Å². The smallest absolute Gasteiger partial charge is 0.0478 e. The van der Waals surface area contributed by atoms with E-state index in [9.17, 15) is 0 Å². The third kappa shape index (κ3) is 4.14. The summed E-state index contributed by atoms with van der Waals surface area (Å²) in [5.74, 6) is 0. The zero-order valence-electron chi connectivity index (χ0n) is 23.9. The number of fused-ring (bicyclic) bond motifs is 7. The van der Waals surface area contributed by atoms with Crippen LogP contribution in [-0.4, -0.2) is 4.98 Å². The maximum atomic E-state index is 3.87. The highest BCUT2D eigenvalue weighted by Crippen LogP contribution is 2.49. The first-order valence-corrected chi connectivity index (χ1v) is 15.5. The minimum Gasteiger partial charge on any atom is -0.354 e. The quantitative estimate of drug-likeness (QED) is 0.199. The van der Waals surface area contributed by atoms with Gasteiger partial charge in [0.1, 0.15) is 0 Å². The van der Waals surface area contributed by atoms with Crippen LogP contribution in [0.4, 0.5) is 0 Å². The average molecular weight is 568 g/mol. The van der Waals surface area contributed by atoms with Gasteiger partial charge in [0.05, 0.1) is 0 Å². The number of para-hydroxylation sites is 1. The lowest BCUT2D eigenvalue weighted by Gasteiger charge is -2.11. The molecule has 0 radical (unpaired) electrons. The minimum atomic E-state index is 1.17. The third-order valence-electron chi connectivity index (χ3n) is 8.61. The summed E-state index contributed by atoms with van der Waals surface area (Å²) in [5.41, 5.74) is 12.3. The summed E-state index contributed by atoms with van der Waals surface area (Å²) >= 11 is 1.92. The summed E-state index contributed by atoms with van der Waals surface area (Å²) in [6.07, 6.45) is 5.99. The summed E-state index contributed by atoms with van der Waals surface area (Å²) in [5, 5.41) is 5.21. The highest BCUT2D eigenvalue weighted by molar-refractivity contribution is 7.27. The van der Waals surface area contributed by atoms with E-state index in [1.54, 1.807) is 0 Å². The van der Waals surface area contributed by atoms with E-state index in [0.717, 1.165) is 0 Å². The highest BCUT2D eigenvalue weighted by atomic mass is 32.1. The molecule has 0 aliphatic rings. The van der Waals surface area contributed by atoms with Crippen molar-refractivity contribution in [3.63, 3.8) is 0 Å². The van der Waals surface area contributed by atoms with Crippen LogP contribution in [0.1, 0.15) is 11.1 Å². The number of thiophene rings is 1. The van der Waals surface area contributed by atoms with Crippen LogP contribution in [0.15, 0.2) is 140 Å². The molecule has 0 fully saturated rings. The third-order valence-corrected chi connectivity index (χ3v) is 9.89. The second-order valence-electron chi connectivity index (χ2n) is 11.1. The Kier molecular flexibility index (Phi) is 6.10. The van der Waals surface area contributed by atoms with Gasteiger partial charge in [-0.3, -0.25) is 0 Å². The first-order chi connectivity index (χ1) is 21.2. The molecule has 0 aliphatic carbocycles. The topological polar surface area (TPSA) is 15.8 Å². The van der Waals surface area contributed by atoms with Crippen molar-refractivity contribution in [2.45, 2.75) is 6.92 Å². The maximum absolute atomic E-state index is 3.87. The van der Waals surface area contributed by atoms with Crippen molar-refractivity contribution >= 4 is 59.4 Å². The van der Waals surface area contributed by atoms with Crippen LogP contribution in [0.3, 0.4) is 0 Å². The molecule has 0 atom stereocenters. The Morgan fingerprint density at radius 3 is 2.12 bits per heavy atom. The average Bonchev–Trinajstić information content (AvgIpc) is 3.63. The molecule has 2 heteroatoms. The molecule has 1 N–H and O–H groups in total. The monoisotopic (exact) mass is 567 g/mol. The highest BCUT2D eigenvalue weighted by Gasteiger charge is 2.20. The summed E-state index contributed by atoms with van der Waals surface area (Å²) in [6, 6.07) is 44.0. The molecule has 204 valence electrons. The van der Waals surface area contributed by atoms with E-state index in [-0.39, 0.29) is 0 Å². The summed E-state index contributed by atoms with van der Waals surface area (Å²) in [4.78, 5) is 3.75. The molecule has 0 saturated carbocycles. The van der Waals surface area contributed by atoms with Gasteiger partial charge in [0.25, 0.3) is 0 Å². The van der Waals surface area contributed by atoms with Gasteiger partial charge < -0.3 is 4.98 Å². The number of benzene rings is 6.